The molecule has 19 heavy (non-hydrogen) atoms. The highest BCUT2D eigenvalue weighted by atomic mass is 32.2. The van der Waals surface area contributed by atoms with E-state index in [2.05, 4.69) is 31.7 Å². The van der Waals surface area contributed by atoms with E-state index in [1.807, 2.05) is 24.5 Å². The average Bonchev–Trinajstić information content (AvgIpc) is 3.07. The zero-order chi connectivity index (χ0) is 13.1. The van der Waals surface area contributed by atoms with Crippen molar-refractivity contribution in [2.75, 3.05) is 0 Å². The largest absolute Gasteiger partial charge is 0.379 e. The molecule has 0 aliphatic carbocycles. The summed E-state index contributed by atoms with van der Waals surface area (Å²) in [5.41, 5.74) is 7.23. The molecule has 1 aromatic rings. The van der Waals surface area contributed by atoms with E-state index in [1.54, 1.807) is 12.4 Å². The van der Waals surface area contributed by atoms with Crippen LogP contribution in [0.25, 0.3) is 0 Å². The minimum Gasteiger partial charge on any atom is -0.379 e. The molecule has 6 heteroatoms. The fourth-order valence-electron chi connectivity index (χ4n) is 2.22. The van der Waals surface area contributed by atoms with Crippen LogP contribution in [0.5, 0.6) is 0 Å². The lowest BCUT2D eigenvalue weighted by Crippen LogP contribution is -2.28. The maximum absolute atomic E-state index is 5.98. The second kappa shape index (κ2) is 4.97. The highest BCUT2D eigenvalue weighted by Gasteiger charge is 2.37. The maximum Gasteiger partial charge on any atom is 0.144 e. The number of hydrogen-bond acceptors (Lipinski definition) is 5. The number of nitrogens with two attached hydrogens (primary N) is 1. The number of thiol groups is 1. The summed E-state index contributed by atoms with van der Waals surface area (Å²) in [6.45, 7) is 0. The zero-order valence-corrected chi connectivity index (χ0v) is 11.2. The van der Waals surface area contributed by atoms with Gasteiger partial charge in [-0.3, -0.25) is 4.98 Å². The van der Waals surface area contributed by atoms with Crippen LogP contribution in [-0.2, 0) is 6.42 Å². The number of pyridine rings is 1. The van der Waals surface area contributed by atoms with E-state index in [9.17, 15) is 0 Å². The third-order valence-corrected chi connectivity index (χ3v) is 5.59. The lowest BCUT2D eigenvalue weighted by molar-refractivity contribution is 0.660. The Hall–Kier alpha value is -1.95. The molecule has 2 N–H and O–H groups in total. The fourth-order valence-corrected chi connectivity index (χ4v) is 4.15. The van der Waals surface area contributed by atoms with Gasteiger partial charge in [-0.05, 0) is 42.0 Å². The summed E-state index contributed by atoms with van der Waals surface area (Å²) in [5, 5.41) is 11.2. The Bertz CT molecular complexity index is 564. The second-order valence-corrected chi connectivity index (χ2v) is 6.69. The predicted molar refractivity (Wildman–Crippen MR) is 79.0 cm³/mol. The number of nitrogens with zero attached hydrogens (tertiary/aromatic N) is 4. The van der Waals surface area contributed by atoms with Gasteiger partial charge in [-0.25, -0.2) is 4.99 Å². The second-order valence-electron chi connectivity index (χ2n) is 4.42. The van der Waals surface area contributed by atoms with E-state index >= 15 is 0 Å². The minimum absolute atomic E-state index is 0.320. The van der Waals surface area contributed by atoms with Crippen molar-refractivity contribution < 1.29 is 0 Å². The van der Waals surface area contributed by atoms with Crippen molar-refractivity contribution in [3.63, 3.8) is 0 Å². The minimum atomic E-state index is -0.704. The standard InChI is InChI=1S/C13H15N5S/c14-12-16-9-10-19(12)13(5-8-17-18-13)4-1-11-2-6-15-7-3-11/h2-3,5-10,19H,1,4H2,(H2,14,16). The van der Waals surface area contributed by atoms with E-state index in [4.69, 9.17) is 5.73 Å². The smallest absolute Gasteiger partial charge is 0.144 e. The number of amidine groups is 1. The molecule has 0 fully saturated rings. The van der Waals surface area contributed by atoms with Gasteiger partial charge in [-0.2, -0.15) is 10.2 Å². The van der Waals surface area contributed by atoms with Crippen LogP contribution in [0.15, 0.2) is 63.6 Å². The molecule has 5 nitrogen and oxygen atoms in total. The maximum atomic E-state index is 5.98. The summed E-state index contributed by atoms with van der Waals surface area (Å²) in [6, 6.07) is 4.05. The van der Waals surface area contributed by atoms with Crippen LogP contribution in [-0.4, -0.2) is 15.0 Å². The van der Waals surface area contributed by atoms with Gasteiger partial charge in [0.15, 0.2) is 0 Å². The monoisotopic (exact) mass is 273 g/mol. The third kappa shape index (κ3) is 2.31. The van der Waals surface area contributed by atoms with Crippen LogP contribution >= 0.6 is 10.9 Å². The van der Waals surface area contributed by atoms with Gasteiger partial charge in [0.1, 0.15) is 10.0 Å². The van der Waals surface area contributed by atoms with Crippen molar-refractivity contribution >= 4 is 16.1 Å². The first-order valence-corrected chi connectivity index (χ1v) is 7.49. The van der Waals surface area contributed by atoms with E-state index in [-0.39, 0.29) is 4.87 Å². The van der Waals surface area contributed by atoms with Crippen molar-refractivity contribution in [2.45, 2.75) is 17.7 Å². The lowest BCUT2D eigenvalue weighted by atomic mass is 10.1. The Balaban J connectivity index is 1.79. The summed E-state index contributed by atoms with van der Waals surface area (Å²) < 4.78 is 0. The van der Waals surface area contributed by atoms with Crippen molar-refractivity contribution in [3.8, 4) is 0 Å². The van der Waals surface area contributed by atoms with Crippen LogP contribution < -0.4 is 5.73 Å². The van der Waals surface area contributed by atoms with Crippen molar-refractivity contribution in [1.29, 1.82) is 0 Å². The highest BCUT2D eigenvalue weighted by molar-refractivity contribution is 8.33. The molecule has 1 aromatic heterocycles. The average molecular weight is 273 g/mol. The molecule has 98 valence electrons. The van der Waals surface area contributed by atoms with Crippen LogP contribution in [0.2, 0.25) is 0 Å². The van der Waals surface area contributed by atoms with Gasteiger partial charge in [0, 0.05) is 24.8 Å². The molecule has 0 amide bonds. The number of aryl methyl sites for hydroxylation is 1. The summed E-state index contributed by atoms with van der Waals surface area (Å²) >= 11 is 0. The van der Waals surface area contributed by atoms with Gasteiger partial charge in [0.05, 0.1) is 0 Å². The topological polar surface area (TPSA) is 76.0 Å². The third-order valence-electron chi connectivity index (χ3n) is 3.26. The normalized spacial score (nSPS) is 29.9. The number of rotatable bonds is 4. The molecule has 0 spiro atoms. The van der Waals surface area contributed by atoms with Crippen LogP contribution in [0, 0.1) is 0 Å². The number of azo groups is 1. The molecule has 0 bridgehead atoms. The Labute approximate surface area is 114 Å². The molecule has 2 unspecified atom stereocenters. The molecule has 2 atom stereocenters. The number of aliphatic imine (C=N–C) groups is 1. The van der Waals surface area contributed by atoms with E-state index in [1.165, 1.54) is 5.56 Å². The summed E-state index contributed by atoms with van der Waals surface area (Å²) in [7, 11) is -0.704. The predicted octanol–water partition coefficient (Wildman–Crippen LogP) is 2.49. The highest BCUT2D eigenvalue weighted by Crippen LogP contribution is 2.51. The van der Waals surface area contributed by atoms with E-state index in [0.29, 0.717) is 5.17 Å². The van der Waals surface area contributed by atoms with Gasteiger partial charge in [0.25, 0.3) is 0 Å². The van der Waals surface area contributed by atoms with E-state index in [0.717, 1.165) is 12.8 Å². The van der Waals surface area contributed by atoms with Crippen LogP contribution in [0.4, 0.5) is 0 Å². The van der Waals surface area contributed by atoms with Crippen molar-refractivity contribution in [3.05, 3.63) is 54.0 Å². The van der Waals surface area contributed by atoms with Gasteiger partial charge in [-0.15, -0.1) is 10.9 Å². The SMILES string of the molecule is NC1=NC=C[SH]1C1(CCc2ccncc2)C=CN=N1. The van der Waals surface area contributed by atoms with Gasteiger partial charge >= 0.3 is 0 Å². The Morgan fingerprint density at radius 1 is 1.21 bits per heavy atom. The van der Waals surface area contributed by atoms with Gasteiger partial charge in [-0.1, -0.05) is 0 Å². The Kier molecular flexibility index (Phi) is 3.16. The first kappa shape index (κ1) is 12.1. The summed E-state index contributed by atoms with van der Waals surface area (Å²) in [6.07, 6.45) is 11.0. The molecule has 3 rings (SSSR count). The zero-order valence-electron chi connectivity index (χ0n) is 10.3. The quantitative estimate of drug-likeness (QED) is 0.827. The molecule has 2 aliphatic rings. The molecular formula is C13H15N5S. The van der Waals surface area contributed by atoms with Gasteiger partial charge in [0.2, 0.25) is 0 Å². The molecule has 0 saturated carbocycles. The Morgan fingerprint density at radius 2 is 2.05 bits per heavy atom. The summed E-state index contributed by atoms with van der Waals surface area (Å²) in [5.74, 6) is 0. The molecule has 0 radical (unpaired) electrons. The summed E-state index contributed by atoms with van der Waals surface area (Å²) in [4.78, 5) is 7.87. The number of hydrogen-bond donors (Lipinski definition) is 2. The number of aromatic nitrogens is 1. The molecular weight excluding hydrogens is 258 g/mol. The molecule has 2 aliphatic heterocycles. The molecule has 0 aromatic carbocycles. The molecule has 3 heterocycles. The first-order chi connectivity index (χ1) is 9.30. The Morgan fingerprint density at radius 3 is 2.68 bits per heavy atom. The fraction of sp³-hybridized carbons (Fsp3) is 0.231. The lowest BCUT2D eigenvalue weighted by Gasteiger charge is -2.31. The van der Waals surface area contributed by atoms with Gasteiger partial charge < -0.3 is 5.73 Å². The molecule has 0 saturated heterocycles. The van der Waals surface area contributed by atoms with Crippen molar-refractivity contribution in [2.24, 2.45) is 21.0 Å². The van der Waals surface area contributed by atoms with Crippen molar-refractivity contribution in [1.82, 2.24) is 4.98 Å². The van der Waals surface area contributed by atoms with Crippen LogP contribution in [0.3, 0.4) is 0 Å². The van der Waals surface area contributed by atoms with Crippen LogP contribution in [0.1, 0.15) is 12.0 Å². The van der Waals surface area contributed by atoms with E-state index < -0.39 is 10.9 Å². The first-order valence-electron chi connectivity index (χ1n) is 6.08.